The number of hydrogen-bond acceptors (Lipinski definition) is 2. The minimum atomic E-state index is 0.0175. The van der Waals surface area contributed by atoms with Gasteiger partial charge >= 0.3 is 0 Å². The maximum absolute atomic E-state index is 4.52. The zero-order chi connectivity index (χ0) is 16.0. The number of rotatable bonds is 1. The molecular weight excluding hydrogens is 282 g/mol. The Morgan fingerprint density at radius 2 is 1.70 bits per heavy atom. The second-order valence-electron chi connectivity index (χ2n) is 7.16. The molecule has 2 aromatic heterocycles. The van der Waals surface area contributed by atoms with Gasteiger partial charge in [-0.1, -0.05) is 51.1 Å². The van der Waals surface area contributed by atoms with E-state index in [9.17, 15) is 0 Å². The van der Waals surface area contributed by atoms with E-state index in [0.29, 0.717) is 0 Å². The molecule has 0 saturated heterocycles. The summed E-state index contributed by atoms with van der Waals surface area (Å²) in [6.45, 7) is 6.48. The van der Waals surface area contributed by atoms with Crippen LogP contribution < -0.4 is 10.6 Å². The summed E-state index contributed by atoms with van der Waals surface area (Å²) in [5.74, 6) is 0.891. The first-order valence-electron chi connectivity index (χ1n) is 8.20. The summed E-state index contributed by atoms with van der Waals surface area (Å²) in [7, 11) is 0. The third-order valence-corrected chi connectivity index (χ3v) is 4.45. The molecule has 0 radical (unpaired) electrons. The van der Waals surface area contributed by atoms with Crippen molar-refractivity contribution in [1.82, 2.24) is 14.8 Å². The first-order chi connectivity index (χ1) is 11.1. The minimum Gasteiger partial charge on any atom is -0.293 e. The Morgan fingerprint density at radius 1 is 0.913 bits per heavy atom. The summed E-state index contributed by atoms with van der Waals surface area (Å²) in [6.07, 6.45) is 6.84. The maximum Gasteiger partial charge on any atom is 0.160 e. The Bertz CT molecular complexity index is 986. The van der Waals surface area contributed by atoms with Crippen LogP contribution in [-0.2, 0) is 5.41 Å². The molecule has 2 heterocycles. The topological polar surface area (TPSA) is 30.7 Å². The van der Waals surface area contributed by atoms with Gasteiger partial charge in [0, 0.05) is 16.0 Å². The number of nitrogens with zero attached hydrogens (tertiary/aromatic N) is 3. The Balaban J connectivity index is 2.00. The van der Waals surface area contributed by atoms with Gasteiger partial charge in [0.05, 0.1) is 16.6 Å². The highest BCUT2D eigenvalue weighted by atomic mass is 15.2. The van der Waals surface area contributed by atoms with Gasteiger partial charge in [0.15, 0.2) is 5.82 Å². The van der Waals surface area contributed by atoms with Gasteiger partial charge in [0.1, 0.15) is 0 Å². The van der Waals surface area contributed by atoms with Crippen molar-refractivity contribution in [2.45, 2.75) is 39.0 Å². The number of para-hydroxylation sites is 1. The number of fused-ring (bicyclic) bond motifs is 3. The molecule has 0 bridgehead atoms. The Hall–Kier alpha value is -2.42. The van der Waals surface area contributed by atoms with Gasteiger partial charge in [-0.25, -0.2) is 0 Å². The van der Waals surface area contributed by atoms with E-state index in [0.717, 1.165) is 24.4 Å². The standard InChI is InChI=1S/C20H21N3/c1-20(2,3)18-12-13-19(22-21-18)23-16-10-6-4-8-14(16)15-9-5-7-11-17(15)23/h4,6,8-13H,5,7H2,1-3H3. The van der Waals surface area contributed by atoms with Crippen LogP contribution in [0.3, 0.4) is 0 Å². The first-order valence-corrected chi connectivity index (χ1v) is 8.20. The molecule has 23 heavy (non-hydrogen) atoms. The average Bonchev–Trinajstić information content (AvgIpc) is 2.89. The second-order valence-corrected chi connectivity index (χ2v) is 7.16. The molecule has 0 saturated carbocycles. The van der Waals surface area contributed by atoms with Gasteiger partial charge in [-0.2, -0.15) is 5.10 Å². The Morgan fingerprint density at radius 3 is 2.43 bits per heavy atom. The monoisotopic (exact) mass is 303 g/mol. The summed E-state index contributed by atoms with van der Waals surface area (Å²) < 4.78 is 2.24. The lowest BCUT2D eigenvalue weighted by Gasteiger charge is -2.17. The second kappa shape index (κ2) is 5.05. The molecule has 0 spiro atoms. The SMILES string of the molecule is CC(C)(C)c1ccc(-n2c3c(c4ccccc42)=CCCC=3)nn1. The predicted octanol–water partition coefficient (Wildman–Crippen LogP) is 3.07. The number of hydrogen-bond donors (Lipinski definition) is 0. The lowest BCUT2D eigenvalue weighted by Crippen LogP contribution is -2.30. The van der Waals surface area contributed by atoms with E-state index in [1.54, 1.807) is 0 Å². The van der Waals surface area contributed by atoms with Crippen molar-refractivity contribution in [1.29, 1.82) is 0 Å². The Labute approximate surface area is 136 Å². The van der Waals surface area contributed by atoms with Crippen molar-refractivity contribution in [2.75, 3.05) is 0 Å². The summed E-state index contributed by atoms with van der Waals surface area (Å²) in [5.41, 5.74) is 2.23. The quantitative estimate of drug-likeness (QED) is 0.692. The maximum atomic E-state index is 4.52. The van der Waals surface area contributed by atoms with Crippen molar-refractivity contribution >= 4 is 23.1 Å². The molecule has 1 aromatic carbocycles. The highest BCUT2D eigenvalue weighted by Crippen LogP contribution is 2.20. The van der Waals surface area contributed by atoms with E-state index >= 15 is 0 Å². The van der Waals surface area contributed by atoms with Crippen molar-refractivity contribution < 1.29 is 0 Å². The van der Waals surface area contributed by atoms with Gasteiger partial charge < -0.3 is 0 Å². The third-order valence-electron chi connectivity index (χ3n) is 4.45. The summed E-state index contributed by atoms with van der Waals surface area (Å²) in [6, 6.07) is 12.7. The molecule has 0 fully saturated rings. The molecule has 0 N–H and O–H groups in total. The van der Waals surface area contributed by atoms with Crippen molar-refractivity contribution in [3.05, 3.63) is 52.7 Å². The first kappa shape index (κ1) is 14.2. The summed E-state index contributed by atoms with van der Waals surface area (Å²) >= 11 is 0. The summed E-state index contributed by atoms with van der Waals surface area (Å²) in [5, 5.41) is 12.9. The van der Waals surface area contributed by atoms with Crippen LogP contribution in [0.4, 0.5) is 0 Å². The van der Waals surface area contributed by atoms with Gasteiger partial charge in [0.25, 0.3) is 0 Å². The minimum absolute atomic E-state index is 0.0175. The lowest BCUT2D eigenvalue weighted by atomic mass is 9.92. The van der Waals surface area contributed by atoms with Gasteiger partial charge in [-0.3, -0.25) is 4.57 Å². The van der Waals surface area contributed by atoms with Crippen LogP contribution in [0.2, 0.25) is 0 Å². The van der Waals surface area contributed by atoms with E-state index in [4.69, 9.17) is 0 Å². The fourth-order valence-corrected chi connectivity index (χ4v) is 3.24. The molecule has 0 amide bonds. The molecule has 116 valence electrons. The third kappa shape index (κ3) is 2.27. The van der Waals surface area contributed by atoms with Crippen molar-refractivity contribution in [3.63, 3.8) is 0 Å². The van der Waals surface area contributed by atoms with Crippen molar-refractivity contribution in [3.8, 4) is 5.82 Å². The summed E-state index contributed by atoms with van der Waals surface area (Å²) in [4.78, 5) is 0. The van der Waals surface area contributed by atoms with E-state index in [-0.39, 0.29) is 5.41 Å². The van der Waals surface area contributed by atoms with E-state index in [1.165, 1.54) is 21.5 Å². The zero-order valence-corrected chi connectivity index (χ0v) is 13.9. The van der Waals surface area contributed by atoms with Gasteiger partial charge in [-0.15, -0.1) is 5.10 Å². The van der Waals surface area contributed by atoms with Crippen LogP contribution in [0.1, 0.15) is 39.3 Å². The largest absolute Gasteiger partial charge is 0.293 e. The highest BCUT2D eigenvalue weighted by Gasteiger charge is 2.17. The van der Waals surface area contributed by atoms with E-state index < -0.39 is 0 Å². The molecule has 0 atom stereocenters. The van der Waals surface area contributed by atoms with Crippen LogP contribution >= 0.6 is 0 Å². The van der Waals surface area contributed by atoms with Crippen LogP contribution in [-0.4, -0.2) is 14.8 Å². The molecule has 3 heteroatoms. The van der Waals surface area contributed by atoms with E-state index in [1.807, 2.05) is 0 Å². The van der Waals surface area contributed by atoms with Crippen molar-refractivity contribution in [2.24, 2.45) is 0 Å². The fourth-order valence-electron chi connectivity index (χ4n) is 3.24. The van der Waals surface area contributed by atoms with Crippen LogP contribution in [0, 0.1) is 0 Å². The highest BCUT2D eigenvalue weighted by molar-refractivity contribution is 5.84. The van der Waals surface area contributed by atoms with Crippen LogP contribution in [0.25, 0.3) is 28.9 Å². The smallest absolute Gasteiger partial charge is 0.160 e. The molecule has 4 rings (SSSR count). The van der Waals surface area contributed by atoms with Crippen LogP contribution in [0.15, 0.2) is 36.4 Å². The van der Waals surface area contributed by atoms with Gasteiger partial charge in [-0.05, 0) is 31.0 Å². The Kier molecular flexibility index (Phi) is 3.12. The lowest BCUT2D eigenvalue weighted by molar-refractivity contribution is 0.557. The molecule has 1 aliphatic rings. The van der Waals surface area contributed by atoms with Crippen LogP contribution in [0.5, 0.6) is 0 Å². The molecule has 1 aliphatic carbocycles. The molecule has 3 aromatic rings. The predicted molar refractivity (Wildman–Crippen MR) is 95.0 cm³/mol. The molecular formula is C20H21N3. The zero-order valence-electron chi connectivity index (χ0n) is 13.9. The normalized spacial score (nSPS) is 14.2. The average molecular weight is 303 g/mol. The molecule has 0 unspecified atom stereocenters. The van der Waals surface area contributed by atoms with Gasteiger partial charge in [0.2, 0.25) is 0 Å². The number of aromatic nitrogens is 3. The fraction of sp³-hybridized carbons (Fsp3) is 0.300. The molecule has 0 aliphatic heterocycles. The van der Waals surface area contributed by atoms with E-state index in [2.05, 4.69) is 84.1 Å². The number of benzene rings is 1. The molecule has 3 nitrogen and oxygen atoms in total.